The summed E-state index contributed by atoms with van der Waals surface area (Å²) in [6, 6.07) is 1.81. The zero-order valence-corrected chi connectivity index (χ0v) is 12.0. The maximum atomic E-state index is 11.2. The molecule has 3 N–H and O–H groups in total. The fourth-order valence-corrected chi connectivity index (χ4v) is 2.00. The lowest BCUT2D eigenvalue weighted by atomic mass is 10.2. The first-order chi connectivity index (χ1) is 9.93. The second-order valence-electron chi connectivity index (χ2n) is 4.56. The van der Waals surface area contributed by atoms with Crippen LogP contribution in [0.1, 0.15) is 17.0 Å². The van der Waals surface area contributed by atoms with Crippen molar-refractivity contribution in [2.24, 2.45) is 5.84 Å². The van der Waals surface area contributed by atoms with E-state index < -0.39 is 4.92 Å². The topological polar surface area (TPSA) is 123 Å². The van der Waals surface area contributed by atoms with E-state index >= 15 is 0 Å². The lowest BCUT2D eigenvalue weighted by molar-refractivity contribution is -0.385. The summed E-state index contributed by atoms with van der Waals surface area (Å²) in [5, 5.41) is 11.2. The van der Waals surface area contributed by atoms with Gasteiger partial charge in [0.1, 0.15) is 11.5 Å². The van der Waals surface area contributed by atoms with Gasteiger partial charge in [-0.15, -0.1) is 0 Å². The van der Waals surface area contributed by atoms with E-state index in [1.54, 1.807) is 25.1 Å². The maximum Gasteiger partial charge on any atom is 0.332 e. The Balaban J connectivity index is 2.43. The summed E-state index contributed by atoms with van der Waals surface area (Å²) in [4.78, 5) is 20.4. The number of hydrogen-bond donors (Lipinski definition) is 2. The van der Waals surface area contributed by atoms with E-state index in [0.29, 0.717) is 6.54 Å². The Kier molecular flexibility index (Phi) is 4.03. The van der Waals surface area contributed by atoms with Gasteiger partial charge in [0.2, 0.25) is 11.8 Å². The standard InChI is InChI=1S/C12H16N6O3/c1-7-10(18(19)20)11(15-12(14-7)16-13)17(3)6-9-4-5-21-8(9)2/h4-5H,6,13H2,1-3H3,(H,14,15,16). The number of nitrogens with two attached hydrogens (primary N) is 1. The summed E-state index contributed by atoms with van der Waals surface area (Å²) in [5.41, 5.74) is 3.33. The van der Waals surface area contributed by atoms with Crippen LogP contribution in [0.4, 0.5) is 17.5 Å². The van der Waals surface area contributed by atoms with Gasteiger partial charge in [-0.3, -0.25) is 15.5 Å². The van der Waals surface area contributed by atoms with E-state index in [2.05, 4.69) is 15.4 Å². The molecule has 112 valence electrons. The molecule has 0 saturated carbocycles. The molecule has 0 radical (unpaired) electrons. The Hall–Kier alpha value is -2.68. The smallest absolute Gasteiger partial charge is 0.332 e. The number of rotatable bonds is 5. The van der Waals surface area contributed by atoms with Crippen molar-refractivity contribution in [3.05, 3.63) is 39.5 Å². The Morgan fingerprint density at radius 3 is 2.71 bits per heavy atom. The fourth-order valence-electron chi connectivity index (χ4n) is 2.00. The summed E-state index contributed by atoms with van der Waals surface area (Å²) in [6.45, 7) is 3.79. The number of aryl methyl sites for hydroxylation is 2. The van der Waals surface area contributed by atoms with Crippen LogP contribution in [-0.4, -0.2) is 21.9 Å². The molecule has 0 aliphatic heterocycles. The SMILES string of the molecule is Cc1nc(NN)nc(N(C)Cc2ccoc2C)c1[N+](=O)[O-]. The highest BCUT2D eigenvalue weighted by Gasteiger charge is 2.25. The Labute approximate surface area is 120 Å². The molecular weight excluding hydrogens is 276 g/mol. The van der Waals surface area contributed by atoms with Crippen molar-refractivity contribution < 1.29 is 9.34 Å². The van der Waals surface area contributed by atoms with Crippen molar-refractivity contribution in [1.29, 1.82) is 0 Å². The van der Waals surface area contributed by atoms with Gasteiger partial charge >= 0.3 is 5.69 Å². The number of aromatic nitrogens is 2. The highest BCUT2D eigenvalue weighted by molar-refractivity contribution is 5.62. The molecule has 9 nitrogen and oxygen atoms in total. The fraction of sp³-hybridized carbons (Fsp3) is 0.333. The van der Waals surface area contributed by atoms with Crippen molar-refractivity contribution in [1.82, 2.24) is 9.97 Å². The first-order valence-corrected chi connectivity index (χ1v) is 6.17. The highest BCUT2D eigenvalue weighted by Crippen LogP contribution is 2.30. The monoisotopic (exact) mass is 292 g/mol. The van der Waals surface area contributed by atoms with E-state index in [0.717, 1.165) is 11.3 Å². The molecule has 0 aliphatic carbocycles. The van der Waals surface area contributed by atoms with E-state index in [9.17, 15) is 10.1 Å². The summed E-state index contributed by atoms with van der Waals surface area (Å²) in [5.74, 6) is 6.38. The largest absolute Gasteiger partial charge is 0.469 e. The van der Waals surface area contributed by atoms with Crippen LogP contribution in [0.25, 0.3) is 0 Å². The molecule has 0 bridgehead atoms. The molecular formula is C12H16N6O3. The van der Waals surface area contributed by atoms with Gasteiger partial charge in [-0.2, -0.15) is 4.98 Å². The molecule has 0 saturated heterocycles. The van der Waals surface area contributed by atoms with Gasteiger partial charge in [0.25, 0.3) is 0 Å². The number of furan rings is 1. The molecule has 0 fully saturated rings. The normalized spacial score (nSPS) is 10.5. The Morgan fingerprint density at radius 2 is 2.19 bits per heavy atom. The second kappa shape index (κ2) is 5.75. The van der Waals surface area contributed by atoms with Gasteiger partial charge in [-0.05, 0) is 19.9 Å². The summed E-state index contributed by atoms with van der Waals surface area (Å²) in [7, 11) is 1.71. The van der Waals surface area contributed by atoms with Crippen LogP contribution in [0.3, 0.4) is 0 Å². The first-order valence-electron chi connectivity index (χ1n) is 6.17. The van der Waals surface area contributed by atoms with Crippen LogP contribution in [0.5, 0.6) is 0 Å². The van der Waals surface area contributed by atoms with Crippen LogP contribution in [0, 0.1) is 24.0 Å². The highest BCUT2D eigenvalue weighted by atomic mass is 16.6. The van der Waals surface area contributed by atoms with Gasteiger partial charge in [-0.25, -0.2) is 10.8 Å². The lowest BCUT2D eigenvalue weighted by Gasteiger charge is -2.18. The minimum Gasteiger partial charge on any atom is -0.469 e. The molecule has 2 heterocycles. The third kappa shape index (κ3) is 2.92. The second-order valence-corrected chi connectivity index (χ2v) is 4.56. The van der Waals surface area contributed by atoms with Crippen LogP contribution >= 0.6 is 0 Å². The number of nitrogen functional groups attached to an aromatic ring is 1. The molecule has 9 heteroatoms. The van der Waals surface area contributed by atoms with Gasteiger partial charge in [-0.1, -0.05) is 0 Å². The minimum absolute atomic E-state index is 0.129. The maximum absolute atomic E-state index is 11.2. The molecule has 0 amide bonds. The predicted molar refractivity (Wildman–Crippen MR) is 76.8 cm³/mol. The first kappa shape index (κ1) is 14.7. The zero-order chi connectivity index (χ0) is 15.6. The third-order valence-electron chi connectivity index (χ3n) is 3.09. The molecule has 0 spiro atoms. The number of nitrogens with one attached hydrogen (secondary N) is 1. The van der Waals surface area contributed by atoms with E-state index in [4.69, 9.17) is 10.3 Å². The molecule has 0 aromatic carbocycles. The zero-order valence-electron chi connectivity index (χ0n) is 12.0. The average molecular weight is 292 g/mol. The number of hydrazine groups is 1. The van der Waals surface area contributed by atoms with Gasteiger partial charge in [0.05, 0.1) is 11.2 Å². The molecule has 0 atom stereocenters. The number of hydrogen-bond acceptors (Lipinski definition) is 8. The van der Waals surface area contributed by atoms with Crippen molar-refractivity contribution >= 4 is 17.5 Å². The van der Waals surface area contributed by atoms with E-state index in [1.807, 2.05) is 13.0 Å². The quantitative estimate of drug-likeness (QED) is 0.483. The predicted octanol–water partition coefficient (Wildman–Crippen LogP) is 1.52. The van der Waals surface area contributed by atoms with Crippen LogP contribution in [-0.2, 0) is 6.54 Å². The van der Waals surface area contributed by atoms with Crippen molar-refractivity contribution in [3.8, 4) is 0 Å². The Morgan fingerprint density at radius 1 is 1.48 bits per heavy atom. The summed E-state index contributed by atoms with van der Waals surface area (Å²) < 4.78 is 5.22. The summed E-state index contributed by atoms with van der Waals surface area (Å²) >= 11 is 0. The third-order valence-corrected chi connectivity index (χ3v) is 3.09. The van der Waals surface area contributed by atoms with Crippen LogP contribution in [0.15, 0.2) is 16.7 Å². The van der Waals surface area contributed by atoms with Gasteiger partial charge < -0.3 is 9.32 Å². The molecule has 2 aromatic heterocycles. The van der Waals surface area contributed by atoms with Crippen molar-refractivity contribution in [3.63, 3.8) is 0 Å². The molecule has 0 unspecified atom stereocenters. The average Bonchev–Trinajstić information content (AvgIpc) is 2.82. The van der Waals surface area contributed by atoms with E-state index in [1.165, 1.54) is 0 Å². The number of nitrogens with zero attached hydrogens (tertiary/aromatic N) is 4. The van der Waals surface area contributed by atoms with Crippen LogP contribution < -0.4 is 16.2 Å². The van der Waals surface area contributed by atoms with Crippen LogP contribution in [0.2, 0.25) is 0 Å². The molecule has 21 heavy (non-hydrogen) atoms. The minimum atomic E-state index is -0.496. The molecule has 0 aliphatic rings. The Bertz CT molecular complexity index is 669. The number of nitro groups is 1. The van der Waals surface area contributed by atoms with Gasteiger partial charge in [0.15, 0.2) is 0 Å². The van der Waals surface area contributed by atoms with Crippen molar-refractivity contribution in [2.75, 3.05) is 17.4 Å². The van der Waals surface area contributed by atoms with E-state index in [-0.39, 0.29) is 23.1 Å². The lowest BCUT2D eigenvalue weighted by Crippen LogP contribution is -2.22. The van der Waals surface area contributed by atoms with Gasteiger partial charge in [0, 0.05) is 19.2 Å². The molecule has 2 aromatic rings. The molecule has 2 rings (SSSR count). The summed E-state index contributed by atoms with van der Waals surface area (Å²) in [6.07, 6.45) is 1.57. The van der Waals surface area contributed by atoms with Crippen molar-refractivity contribution in [2.45, 2.75) is 20.4 Å². The number of anilines is 2.